The van der Waals surface area contributed by atoms with Crippen molar-refractivity contribution in [2.75, 3.05) is 5.73 Å². The van der Waals surface area contributed by atoms with Crippen LogP contribution in [0.15, 0.2) is 12.1 Å². The minimum Gasteiger partial charge on any atom is -0.479 e. The number of aliphatic hydroxyl groups is 1. The molecule has 0 amide bonds. The van der Waals surface area contributed by atoms with E-state index in [9.17, 15) is 23.1 Å². The molecule has 1 atom stereocenters. The maximum atomic E-state index is 12.1. The van der Waals surface area contributed by atoms with Gasteiger partial charge in [0, 0.05) is 5.56 Å². The van der Waals surface area contributed by atoms with Crippen LogP contribution < -0.4 is 10.5 Å². The van der Waals surface area contributed by atoms with Crippen molar-refractivity contribution in [2.45, 2.75) is 12.5 Å². The Labute approximate surface area is 104 Å². The quantitative estimate of drug-likeness (QED) is 0.738. The van der Waals surface area contributed by atoms with E-state index in [4.69, 9.17) is 22.4 Å². The minimum absolute atomic E-state index is 0.439. The maximum Gasteiger partial charge on any atom is 0.573 e. The lowest BCUT2D eigenvalue weighted by Gasteiger charge is -2.16. The molecule has 1 aromatic carbocycles. The van der Waals surface area contributed by atoms with Crippen LogP contribution in [0.5, 0.6) is 5.75 Å². The van der Waals surface area contributed by atoms with Gasteiger partial charge in [0.1, 0.15) is 0 Å². The summed E-state index contributed by atoms with van der Waals surface area (Å²) in [6.45, 7) is 0. The van der Waals surface area contributed by atoms with E-state index in [2.05, 4.69) is 4.74 Å². The molecule has 0 aromatic heterocycles. The van der Waals surface area contributed by atoms with Crippen LogP contribution in [0.25, 0.3) is 0 Å². The second-order valence-corrected chi connectivity index (χ2v) is 3.58. The summed E-state index contributed by atoms with van der Waals surface area (Å²) in [7, 11) is 0. The fraction of sp³-hybridized carbons (Fsp3) is 0.222. The number of aliphatic hydroxyl groups excluding tert-OH is 1. The van der Waals surface area contributed by atoms with Crippen LogP contribution >= 0.6 is 11.6 Å². The fourth-order valence-electron chi connectivity index (χ4n) is 1.18. The zero-order chi connectivity index (χ0) is 14.1. The SMILES string of the molecule is Nc1c(C(O)C(=O)O)ccc(Cl)c1OC(F)(F)F. The van der Waals surface area contributed by atoms with Crippen LogP contribution in [0, 0.1) is 0 Å². The van der Waals surface area contributed by atoms with Gasteiger partial charge in [-0.05, 0) is 6.07 Å². The Bertz CT molecular complexity index is 478. The van der Waals surface area contributed by atoms with E-state index in [-0.39, 0.29) is 0 Å². The summed E-state index contributed by atoms with van der Waals surface area (Å²) in [5.41, 5.74) is 4.17. The summed E-state index contributed by atoms with van der Waals surface area (Å²) in [6.07, 6.45) is -7.11. The van der Waals surface area contributed by atoms with E-state index < -0.39 is 40.5 Å². The molecule has 9 heteroatoms. The first-order valence-corrected chi connectivity index (χ1v) is 4.75. The minimum atomic E-state index is -5.04. The van der Waals surface area contributed by atoms with E-state index in [0.29, 0.717) is 0 Å². The average Bonchev–Trinajstić information content (AvgIpc) is 2.22. The predicted octanol–water partition coefficient (Wildman–Crippen LogP) is 1.94. The highest BCUT2D eigenvalue weighted by molar-refractivity contribution is 6.32. The van der Waals surface area contributed by atoms with Crippen LogP contribution in [-0.4, -0.2) is 22.5 Å². The molecule has 1 rings (SSSR count). The normalized spacial score (nSPS) is 13.2. The van der Waals surface area contributed by atoms with Gasteiger partial charge < -0.3 is 20.7 Å². The van der Waals surface area contributed by atoms with Crippen molar-refractivity contribution in [1.82, 2.24) is 0 Å². The third-order valence-corrected chi connectivity index (χ3v) is 2.23. The van der Waals surface area contributed by atoms with Gasteiger partial charge in [-0.2, -0.15) is 0 Å². The molecule has 5 nitrogen and oxygen atoms in total. The second-order valence-electron chi connectivity index (χ2n) is 3.17. The van der Waals surface area contributed by atoms with Gasteiger partial charge in [0.15, 0.2) is 11.9 Å². The third-order valence-electron chi connectivity index (χ3n) is 1.93. The van der Waals surface area contributed by atoms with E-state index in [1.807, 2.05) is 0 Å². The number of aliphatic carboxylic acids is 1. The van der Waals surface area contributed by atoms with Crippen LogP contribution in [0.1, 0.15) is 11.7 Å². The molecule has 0 fully saturated rings. The number of nitrogens with two attached hydrogens (primary N) is 1. The van der Waals surface area contributed by atoms with Gasteiger partial charge in [0.25, 0.3) is 0 Å². The van der Waals surface area contributed by atoms with Crippen molar-refractivity contribution in [1.29, 1.82) is 0 Å². The lowest BCUT2D eigenvalue weighted by atomic mass is 10.1. The maximum absolute atomic E-state index is 12.1. The van der Waals surface area contributed by atoms with Gasteiger partial charge in [0.05, 0.1) is 10.7 Å². The molecule has 0 bridgehead atoms. The number of halogens is 4. The lowest BCUT2D eigenvalue weighted by Crippen LogP contribution is -2.20. The molecule has 0 aliphatic rings. The molecule has 100 valence electrons. The molecular formula is C9H7ClF3NO4. The molecule has 18 heavy (non-hydrogen) atoms. The molecule has 0 saturated carbocycles. The highest BCUT2D eigenvalue weighted by Gasteiger charge is 2.34. The Hall–Kier alpha value is -1.67. The number of carboxylic acid groups (broad SMARTS) is 1. The number of carboxylic acids is 1. The Morgan fingerprint density at radius 1 is 1.44 bits per heavy atom. The van der Waals surface area contributed by atoms with E-state index in [1.54, 1.807) is 0 Å². The van der Waals surface area contributed by atoms with Gasteiger partial charge in [-0.1, -0.05) is 17.7 Å². The lowest BCUT2D eigenvalue weighted by molar-refractivity contribution is -0.274. The first-order chi connectivity index (χ1) is 8.13. The van der Waals surface area contributed by atoms with Crippen molar-refractivity contribution < 1.29 is 32.9 Å². The molecule has 0 aliphatic heterocycles. The summed E-state index contributed by atoms with van der Waals surface area (Å²) in [5, 5.41) is 17.3. The van der Waals surface area contributed by atoms with Gasteiger partial charge in [-0.3, -0.25) is 0 Å². The van der Waals surface area contributed by atoms with Crippen molar-refractivity contribution in [3.05, 3.63) is 22.7 Å². The average molecular weight is 286 g/mol. The molecule has 0 spiro atoms. The number of nitrogen functional groups attached to an aromatic ring is 1. The molecule has 0 aliphatic carbocycles. The van der Waals surface area contributed by atoms with Crippen molar-refractivity contribution >= 4 is 23.3 Å². The molecule has 0 heterocycles. The standard InChI is InChI=1S/C9H7ClF3NO4/c10-4-2-1-3(6(15)8(16)17)5(14)7(4)18-9(11,12)13/h1-2,6,15H,14H2,(H,16,17). The summed E-state index contributed by atoms with van der Waals surface area (Å²) >= 11 is 5.46. The molecule has 1 unspecified atom stereocenters. The Morgan fingerprint density at radius 3 is 2.44 bits per heavy atom. The summed E-state index contributed by atoms with van der Waals surface area (Å²) in [6, 6.07) is 1.94. The largest absolute Gasteiger partial charge is 0.573 e. The Morgan fingerprint density at radius 2 is 2.00 bits per heavy atom. The zero-order valence-corrected chi connectivity index (χ0v) is 9.29. The van der Waals surface area contributed by atoms with Crippen molar-refractivity contribution in [2.24, 2.45) is 0 Å². The van der Waals surface area contributed by atoms with E-state index in [0.717, 1.165) is 12.1 Å². The number of hydrogen-bond acceptors (Lipinski definition) is 4. The third kappa shape index (κ3) is 3.17. The first-order valence-electron chi connectivity index (χ1n) is 4.38. The second kappa shape index (κ2) is 4.91. The number of anilines is 1. The molecule has 0 radical (unpaired) electrons. The Balaban J connectivity index is 3.27. The molecule has 1 aromatic rings. The number of alkyl halides is 3. The van der Waals surface area contributed by atoms with E-state index in [1.165, 1.54) is 0 Å². The number of rotatable bonds is 3. The smallest absolute Gasteiger partial charge is 0.479 e. The highest BCUT2D eigenvalue weighted by atomic mass is 35.5. The molecule has 0 saturated heterocycles. The fourth-order valence-corrected chi connectivity index (χ4v) is 1.38. The van der Waals surface area contributed by atoms with Crippen LogP contribution in [0.2, 0.25) is 5.02 Å². The van der Waals surface area contributed by atoms with Crippen LogP contribution in [0.4, 0.5) is 18.9 Å². The van der Waals surface area contributed by atoms with Crippen LogP contribution in [0.3, 0.4) is 0 Å². The summed E-state index contributed by atoms with van der Waals surface area (Å²) < 4.78 is 39.8. The molecular weight excluding hydrogens is 279 g/mol. The van der Waals surface area contributed by atoms with Gasteiger partial charge in [-0.25, -0.2) is 4.79 Å². The van der Waals surface area contributed by atoms with Crippen molar-refractivity contribution in [3.63, 3.8) is 0 Å². The van der Waals surface area contributed by atoms with Crippen LogP contribution in [-0.2, 0) is 4.79 Å². The van der Waals surface area contributed by atoms with E-state index >= 15 is 0 Å². The molecule has 4 N–H and O–H groups in total. The van der Waals surface area contributed by atoms with Gasteiger partial charge in [-0.15, -0.1) is 13.2 Å². The topological polar surface area (TPSA) is 92.8 Å². The van der Waals surface area contributed by atoms with Gasteiger partial charge in [0.2, 0.25) is 0 Å². The summed E-state index contributed by atoms with van der Waals surface area (Å²) in [4.78, 5) is 10.5. The Kier molecular flexibility index (Phi) is 3.92. The number of carbonyl (C=O) groups is 1. The number of benzene rings is 1. The first kappa shape index (κ1) is 14.4. The summed E-state index contributed by atoms with van der Waals surface area (Å²) in [5.74, 6) is -2.61. The number of ether oxygens (including phenoxy) is 1. The highest BCUT2D eigenvalue weighted by Crippen LogP contribution is 2.39. The van der Waals surface area contributed by atoms with Gasteiger partial charge >= 0.3 is 12.3 Å². The predicted molar refractivity (Wildman–Crippen MR) is 55.1 cm³/mol. The number of hydrogen-bond donors (Lipinski definition) is 3. The van der Waals surface area contributed by atoms with Crippen molar-refractivity contribution in [3.8, 4) is 5.75 Å². The monoisotopic (exact) mass is 285 g/mol. The zero-order valence-electron chi connectivity index (χ0n) is 8.53.